The first kappa shape index (κ1) is 17.9. The molecular weight excluding hydrogens is 232 g/mol. The van der Waals surface area contributed by atoms with Gasteiger partial charge in [0.1, 0.15) is 5.78 Å². The van der Waals surface area contributed by atoms with E-state index < -0.39 is 0 Å². The van der Waals surface area contributed by atoms with Crippen molar-refractivity contribution in [2.45, 2.75) is 73.1 Å². The summed E-state index contributed by atoms with van der Waals surface area (Å²) in [5.74, 6) is 0.277. The van der Waals surface area contributed by atoms with Crippen molar-refractivity contribution < 1.29 is 4.79 Å². The Bertz CT molecular complexity index is 352. The minimum Gasteiger partial charge on any atom is -0.300 e. The number of ketones is 1. The van der Waals surface area contributed by atoms with Gasteiger partial charge in [-0.3, -0.25) is 0 Å². The van der Waals surface area contributed by atoms with E-state index in [1.54, 1.807) is 6.92 Å². The standard InChI is InChI=1S/C18H30O/c1-15(2)9-6-10-16(3)11-7-12-17(4)13-8-14-18(5)19/h9,11,13H,6-8,10,12,14H2,1-5H3/b16-11+,17-13-. The number of allylic oxidation sites excluding steroid dienone is 6. The Morgan fingerprint density at radius 2 is 1.11 bits per heavy atom. The Morgan fingerprint density at radius 3 is 1.53 bits per heavy atom. The number of carbonyl (C=O) groups is 1. The van der Waals surface area contributed by atoms with E-state index in [2.05, 4.69) is 45.9 Å². The van der Waals surface area contributed by atoms with E-state index in [9.17, 15) is 4.79 Å². The smallest absolute Gasteiger partial charge is 0.130 e. The molecule has 0 amide bonds. The lowest BCUT2D eigenvalue weighted by Gasteiger charge is -2.01. The summed E-state index contributed by atoms with van der Waals surface area (Å²) in [4.78, 5) is 10.8. The molecule has 0 aromatic carbocycles. The van der Waals surface area contributed by atoms with E-state index in [1.807, 2.05) is 0 Å². The number of carbonyl (C=O) groups excluding carboxylic acids is 1. The lowest BCUT2D eigenvalue weighted by atomic mass is 10.1. The topological polar surface area (TPSA) is 17.1 Å². The van der Waals surface area contributed by atoms with Gasteiger partial charge in [-0.2, -0.15) is 0 Å². The molecule has 1 nitrogen and oxygen atoms in total. The largest absolute Gasteiger partial charge is 0.300 e. The lowest BCUT2D eigenvalue weighted by Crippen LogP contribution is -1.87. The predicted molar refractivity (Wildman–Crippen MR) is 85.3 cm³/mol. The summed E-state index contributed by atoms with van der Waals surface area (Å²) < 4.78 is 0. The normalized spacial score (nSPS) is 12.5. The molecule has 0 unspecified atom stereocenters. The van der Waals surface area contributed by atoms with Gasteiger partial charge in [-0.25, -0.2) is 0 Å². The highest BCUT2D eigenvalue weighted by molar-refractivity contribution is 5.75. The highest BCUT2D eigenvalue weighted by Gasteiger charge is 1.93. The molecule has 0 saturated heterocycles. The maximum Gasteiger partial charge on any atom is 0.130 e. The third-order valence-corrected chi connectivity index (χ3v) is 3.11. The molecule has 0 N–H and O–H groups in total. The van der Waals surface area contributed by atoms with Crippen molar-refractivity contribution in [2.75, 3.05) is 0 Å². The minimum absolute atomic E-state index is 0.277. The average Bonchev–Trinajstić information content (AvgIpc) is 2.27. The van der Waals surface area contributed by atoms with Gasteiger partial charge in [-0.15, -0.1) is 0 Å². The minimum atomic E-state index is 0.277. The fourth-order valence-electron chi connectivity index (χ4n) is 1.86. The van der Waals surface area contributed by atoms with Crippen molar-refractivity contribution in [1.29, 1.82) is 0 Å². The molecule has 0 aromatic rings. The van der Waals surface area contributed by atoms with Gasteiger partial charge >= 0.3 is 0 Å². The second kappa shape index (κ2) is 10.8. The number of rotatable bonds is 9. The number of Topliss-reactive ketones (excluding diaryl/α,β-unsaturated/α-hetero) is 1. The van der Waals surface area contributed by atoms with Crippen LogP contribution in [0.3, 0.4) is 0 Å². The Balaban J connectivity index is 3.86. The predicted octanol–water partition coefficient (Wildman–Crippen LogP) is 5.77. The lowest BCUT2D eigenvalue weighted by molar-refractivity contribution is -0.116. The molecule has 0 bridgehead atoms. The van der Waals surface area contributed by atoms with Gasteiger partial charge in [-0.1, -0.05) is 34.9 Å². The summed E-state index contributed by atoms with van der Waals surface area (Å²) in [6.45, 7) is 10.3. The maximum absolute atomic E-state index is 10.8. The highest BCUT2D eigenvalue weighted by Crippen LogP contribution is 2.12. The summed E-state index contributed by atoms with van der Waals surface area (Å²) in [5, 5.41) is 0. The van der Waals surface area contributed by atoms with Crippen LogP contribution in [-0.4, -0.2) is 5.78 Å². The molecule has 0 aliphatic rings. The van der Waals surface area contributed by atoms with Gasteiger partial charge < -0.3 is 4.79 Å². The van der Waals surface area contributed by atoms with Gasteiger partial charge in [0.15, 0.2) is 0 Å². The van der Waals surface area contributed by atoms with Gasteiger partial charge in [0, 0.05) is 6.42 Å². The Labute approximate surface area is 119 Å². The van der Waals surface area contributed by atoms with Crippen LogP contribution in [0.2, 0.25) is 0 Å². The van der Waals surface area contributed by atoms with Crippen molar-refractivity contribution in [1.82, 2.24) is 0 Å². The van der Waals surface area contributed by atoms with Crippen LogP contribution in [0.15, 0.2) is 34.9 Å². The molecule has 108 valence electrons. The van der Waals surface area contributed by atoms with Crippen molar-refractivity contribution in [3.8, 4) is 0 Å². The van der Waals surface area contributed by atoms with E-state index in [0.29, 0.717) is 6.42 Å². The molecule has 0 aromatic heterocycles. The van der Waals surface area contributed by atoms with Crippen molar-refractivity contribution in [3.05, 3.63) is 34.9 Å². The zero-order chi connectivity index (χ0) is 14.7. The summed E-state index contributed by atoms with van der Waals surface area (Å²) in [5.41, 5.74) is 4.28. The molecule has 19 heavy (non-hydrogen) atoms. The van der Waals surface area contributed by atoms with Crippen LogP contribution in [0, 0.1) is 0 Å². The molecule has 0 rings (SSSR count). The monoisotopic (exact) mass is 262 g/mol. The Hall–Kier alpha value is -1.11. The first-order chi connectivity index (χ1) is 8.91. The Morgan fingerprint density at radius 1 is 0.684 bits per heavy atom. The summed E-state index contributed by atoms with van der Waals surface area (Å²) in [6, 6.07) is 0. The molecule has 1 heteroatoms. The zero-order valence-corrected chi connectivity index (χ0v) is 13.4. The quantitative estimate of drug-likeness (QED) is 0.482. The van der Waals surface area contributed by atoms with E-state index in [0.717, 1.165) is 32.1 Å². The summed E-state index contributed by atoms with van der Waals surface area (Å²) in [6.07, 6.45) is 13.0. The fourth-order valence-corrected chi connectivity index (χ4v) is 1.86. The van der Waals surface area contributed by atoms with Crippen molar-refractivity contribution >= 4 is 5.78 Å². The van der Waals surface area contributed by atoms with Crippen LogP contribution < -0.4 is 0 Å². The molecule has 0 radical (unpaired) electrons. The van der Waals surface area contributed by atoms with E-state index in [1.165, 1.54) is 16.7 Å². The molecule has 0 atom stereocenters. The number of hydrogen-bond donors (Lipinski definition) is 0. The van der Waals surface area contributed by atoms with Crippen LogP contribution >= 0.6 is 0 Å². The van der Waals surface area contributed by atoms with Crippen LogP contribution in [0.1, 0.15) is 73.1 Å². The molecule has 0 fully saturated rings. The molecule has 0 spiro atoms. The van der Waals surface area contributed by atoms with Crippen molar-refractivity contribution in [2.24, 2.45) is 0 Å². The van der Waals surface area contributed by atoms with Crippen LogP contribution in [0.4, 0.5) is 0 Å². The SMILES string of the molecule is CC(=O)CC/C=C(/C)CC/C=C(\C)CCC=C(C)C. The molecule has 0 aliphatic carbocycles. The molecule has 0 saturated carbocycles. The van der Waals surface area contributed by atoms with E-state index >= 15 is 0 Å². The van der Waals surface area contributed by atoms with E-state index in [4.69, 9.17) is 0 Å². The van der Waals surface area contributed by atoms with Crippen molar-refractivity contribution in [3.63, 3.8) is 0 Å². The highest BCUT2D eigenvalue weighted by atomic mass is 16.1. The molecule has 0 aliphatic heterocycles. The fraction of sp³-hybridized carbons (Fsp3) is 0.611. The number of hydrogen-bond acceptors (Lipinski definition) is 1. The van der Waals surface area contributed by atoms with Crippen LogP contribution in [0.25, 0.3) is 0 Å². The van der Waals surface area contributed by atoms with Crippen LogP contribution in [-0.2, 0) is 4.79 Å². The van der Waals surface area contributed by atoms with Gasteiger partial charge in [-0.05, 0) is 66.7 Å². The van der Waals surface area contributed by atoms with Crippen LogP contribution in [0.5, 0.6) is 0 Å². The van der Waals surface area contributed by atoms with E-state index in [-0.39, 0.29) is 5.78 Å². The summed E-state index contributed by atoms with van der Waals surface area (Å²) >= 11 is 0. The second-order valence-corrected chi connectivity index (χ2v) is 5.70. The first-order valence-corrected chi connectivity index (χ1v) is 7.36. The summed E-state index contributed by atoms with van der Waals surface area (Å²) in [7, 11) is 0. The van der Waals surface area contributed by atoms with Gasteiger partial charge in [0.05, 0.1) is 0 Å². The second-order valence-electron chi connectivity index (χ2n) is 5.70. The average molecular weight is 262 g/mol. The third-order valence-electron chi connectivity index (χ3n) is 3.11. The third kappa shape index (κ3) is 13.1. The zero-order valence-electron chi connectivity index (χ0n) is 13.4. The van der Waals surface area contributed by atoms with Gasteiger partial charge in [0.2, 0.25) is 0 Å². The van der Waals surface area contributed by atoms with Gasteiger partial charge in [0.25, 0.3) is 0 Å². The molecular formula is C18H30O. The Kier molecular flexibility index (Phi) is 10.1. The molecule has 0 heterocycles. The first-order valence-electron chi connectivity index (χ1n) is 7.36. The maximum atomic E-state index is 10.8.